The lowest BCUT2D eigenvalue weighted by atomic mass is 9.81. The number of nitrogens with one attached hydrogen (secondary N) is 1. The zero-order valence-electron chi connectivity index (χ0n) is 15.9. The van der Waals surface area contributed by atoms with Crippen LogP contribution in [0.1, 0.15) is 56.2 Å². The van der Waals surface area contributed by atoms with E-state index in [4.69, 9.17) is 5.11 Å². The van der Waals surface area contributed by atoms with Crippen LogP contribution >= 0.6 is 0 Å². The molecule has 7 heteroatoms. The molecule has 0 saturated carbocycles. The topological polar surface area (TPSA) is 97.1 Å². The lowest BCUT2D eigenvalue weighted by molar-refractivity contribution is -0.122. The van der Waals surface area contributed by atoms with Crippen molar-refractivity contribution in [2.75, 3.05) is 6.54 Å². The van der Waals surface area contributed by atoms with Crippen LogP contribution < -0.4 is 5.32 Å². The highest BCUT2D eigenvalue weighted by atomic mass is 16.4. The fourth-order valence-corrected chi connectivity index (χ4v) is 2.52. The van der Waals surface area contributed by atoms with Crippen LogP contribution in [0.15, 0.2) is 30.5 Å². The Kier molecular flexibility index (Phi) is 5.49. The van der Waals surface area contributed by atoms with Crippen molar-refractivity contribution in [3.63, 3.8) is 0 Å². The molecule has 0 aliphatic rings. The third-order valence-corrected chi connectivity index (χ3v) is 4.32. The average molecular weight is 358 g/mol. The summed E-state index contributed by atoms with van der Waals surface area (Å²) in [5.41, 5.74) is 2.09. The normalized spacial score (nSPS) is 12.0. The van der Waals surface area contributed by atoms with Crippen LogP contribution in [0.3, 0.4) is 0 Å². The third-order valence-electron chi connectivity index (χ3n) is 4.32. The number of amides is 1. The molecule has 0 aliphatic carbocycles. The van der Waals surface area contributed by atoms with Crippen LogP contribution in [0.5, 0.6) is 0 Å². The van der Waals surface area contributed by atoms with Crippen LogP contribution in [0.4, 0.5) is 0 Å². The van der Waals surface area contributed by atoms with Gasteiger partial charge in [0.15, 0.2) is 5.69 Å². The van der Waals surface area contributed by atoms with Crippen molar-refractivity contribution in [1.82, 2.24) is 20.3 Å². The van der Waals surface area contributed by atoms with Crippen LogP contribution in [0.2, 0.25) is 0 Å². The zero-order valence-corrected chi connectivity index (χ0v) is 15.9. The van der Waals surface area contributed by atoms with E-state index in [1.165, 1.54) is 16.4 Å². The summed E-state index contributed by atoms with van der Waals surface area (Å²) in [4.78, 5) is 22.9. The molecule has 140 valence electrons. The number of benzene rings is 1. The summed E-state index contributed by atoms with van der Waals surface area (Å²) in [6.45, 7) is 11.0. The lowest BCUT2D eigenvalue weighted by Gasteiger charge is -2.27. The Morgan fingerprint density at radius 3 is 2.15 bits per heavy atom. The van der Waals surface area contributed by atoms with Gasteiger partial charge in [0.25, 0.3) is 0 Å². The lowest BCUT2D eigenvalue weighted by Crippen LogP contribution is -2.38. The Balaban J connectivity index is 1.95. The molecule has 0 radical (unpaired) electrons. The monoisotopic (exact) mass is 358 g/mol. The van der Waals surface area contributed by atoms with Crippen molar-refractivity contribution in [3.8, 4) is 0 Å². The molecule has 7 nitrogen and oxygen atoms in total. The second-order valence-electron chi connectivity index (χ2n) is 8.09. The molecule has 0 aliphatic heterocycles. The number of hydrogen-bond donors (Lipinski definition) is 2. The van der Waals surface area contributed by atoms with Crippen molar-refractivity contribution in [2.45, 2.75) is 52.0 Å². The number of carbonyl (C=O) groups excluding carboxylic acids is 1. The molecule has 0 saturated heterocycles. The molecule has 1 amide bonds. The molecule has 1 aromatic carbocycles. The van der Waals surface area contributed by atoms with Gasteiger partial charge in [-0.15, -0.1) is 5.10 Å². The summed E-state index contributed by atoms with van der Waals surface area (Å²) in [7, 11) is 0. The second-order valence-corrected chi connectivity index (χ2v) is 8.09. The molecule has 1 heterocycles. The summed E-state index contributed by atoms with van der Waals surface area (Å²) >= 11 is 0. The van der Waals surface area contributed by atoms with Crippen molar-refractivity contribution in [2.24, 2.45) is 0 Å². The predicted molar refractivity (Wildman–Crippen MR) is 98.2 cm³/mol. The van der Waals surface area contributed by atoms with E-state index in [1.807, 2.05) is 0 Å². The van der Waals surface area contributed by atoms with E-state index >= 15 is 0 Å². The first-order valence-corrected chi connectivity index (χ1v) is 8.50. The molecular formula is C19H26N4O3. The molecule has 0 fully saturated rings. The Hall–Kier alpha value is -2.70. The summed E-state index contributed by atoms with van der Waals surface area (Å²) < 4.78 is 1.21. The van der Waals surface area contributed by atoms with Gasteiger partial charge in [-0.3, -0.25) is 4.79 Å². The van der Waals surface area contributed by atoms with E-state index in [9.17, 15) is 9.59 Å². The molecule has 26 heavy (non-hydrogen) atoms. The van der Waals surface area contributed by atoms with Gasteiger partial charge in [0.05, 0.1) is 6.20 Å². The van der Waals surface area contributed by atoms with E-state index < -0.39 is 5.97 Å². The van der Waals surface area contributed by atoms with E-state index in [0.29, 0.717) is 6.54 Å². The highest BCUT2D eigenvalue weighted by molar-refractivity contribution is 5.84. The third kappa shape index (κ3) is 4.91. The molecule has 0 spiro atoms. The predicted octanol–water partition coefficient (Wildman–Crippen LogP) is 2.37. The Morgan fingerprint density at radius 2 is 1.65 bits per heavy atom. The van der Waals surface area contributed by atoms with Crippen LogP contribution in [-0.4, -0.2) is 38.5 Å². The Bertz CT molecular complexity index is 786. The number of aromatic nitrogens is 3. The van der Waals surface area contributed by atoms with Gasteiger partial charge in [0.1, 0.15) is 6.54 Å². The van der Waals surface area contributed by atoms with Crippen molar-refractivity contribution in [1.29, 1.82) is 0 Å². The largest absolute Gasteiger partial charge is 0.476 e. The first-order valence-electron chi connectivity index (χ1n) is 8.50. The smallest absolute Gasteiger partial charge is 0.358 e. The summed E-state index contributed by atoms with van der Waals surface area (Å²) in [6, 6.07) is 8.45. The molecule has 2 N–H and O–H groups in total. The molecule has 2 rings (SSSR count). The maximum Gasteiger partial charge on any atom is 0.358 e. The first kappa shape index (κ1) is 19.6. The minimum Gasteiger partial charge on any atom is -0.476 e. The van der Waals surface area contributed by atoms with Gasteiger partial charge in [-0.05, 0) is 16.5 Å². The zero-order chi connectivity index (χ0) is 19.5. The molecular weight excluding hydrogens is 332 g/mol. The van der Waals surface area contributed by atoms with Crippen molar-refractivity contribution >= 4 is 11.9 Å². The molecule has 0 unspecified atom stereocenters. The fourth-order valence-electron chi connectivity index (χ4n) is 2.52. The number of hydrogen-bond acceptors (Lipinski definition) is 4. The van der Waals surface area contributed by atoms with Gasteiger partial charge in [0.2, 0.25) is 5.91 Å². The van der Waals surface area contributed by atoms with Crippen LogP contribution in [0, 0.1) is 0 Å². The van der Waals surface area contributed by atoms with Crippen LogP contribution in [-0.2, 0) is 22.2 Å². The number of carbonyl (C=O) groups is 2. The quantitative estimate of drug-likeness (QED) is 0.826. The van der Waals surface area contributed by atoms with Gasteiger partial charge < -0.3 is 10.4 Å². The highest BCUT2D eigenvalue weighted by Gasteiger charge is 2.23. The minimum atomic E-state index is -1.17. The molecule has 0 bridgehead atoms. The molecule has 1 aromatic heterocycles. The Labute approximate surface area is 153 Å². The first-order chi connectivity index (χ1) is 12.0. The summed E-state index contributed by atoms with van der Waals surface area (Å²) in [6.07, 6.45) is 1.23. The van der Waals surface area contributed by atoms with E-state index in [1.54, 1.807) is 0 Å². The van der Waals surface area contributed by atoms with Crippen molar-refractivity contribution < 1.29 is 14.7 Å². The highest BCUT2D eigenvalue weighted by Crippen LogP contribution is 2.27. The standard InChI is InChI=1S/C19H26N4O3/c1-18(2,3)13-6-8-14(9-7-13)19(4,5)12-20-16(24)11-23-10-15(17(25)26)21-22-23/h6-10H,11-12H2,1-5H3,(H,20,24)(H,25,26). The molecule has 2 aromatic rings. The number of carboxylic acids is 1. The Morgan fingerprint density at radius 1 is 1.08 bits per heavy atom. The summed E-state index contributed by atoms with van der Waals surface area (Å²) in [5.74, 6) is -1.41. The van der Waals surface area contributed by atoms with Gasteiger partial charge in [0, 0.05) is 12.0 Å². The van der Waals surface area contributed by atoms with Crippen molar-refractivity contribution in [3.05, 3.63) is 47.3 Å². The summed E-state index contributed by atoms with van der Waals surface area (Å²) in [5, 5.41) is 18.8. The maximum absolute atomic E-state index is 12.1. The number of rotatable bonds is 6. The van der Waals surface area contributed by atoms with E-state index in [-0.39, 0.29) is 29.0 Å². The fraction of sp³-hybridized carbons (Fsp3) is 0.474. The van der Waals surface area contributed by atoms with E-state index in [0.717, 1.165) is 5.56 Å². The van der Waals surface area contributed by atoms with Gasteiger partial charge in [-0.1, -0.05) is 64.1 Å². The maximum atomic E-state index is 12.1. The number of aromatic carboxylic acids is 1. The van der Waals surface area contributed by atoms with Crippen LogP contribution in [0.25, 0.3) is 0 Å². The van der Waals surface area contributed by atoms with Gasteiger partial charge in [-0.2, -0.15) is 0 Å². The van der Waals surface area contributed by atoms with E-state index in [2.05, 4.69) is 74.5 Å². The SMILES string of the molecule is CC(C)(C)c1ccc(C(C)(C)CNC(=O)Cn2cc(C(=O)O)nn2)cc1. The minimum absolute atomic E-state index is 0.0701. The number of nitrogens with zero attached hydrogens (tertiary/aromatic N) is 3. The second kappa shape index (κ2) is 7.27. The number of carboxylic acid groups (broad SMARTS) is 1. The molecule has 0 atom stereocenters. The average Bonchev–Trinajstić information content (AvgIpc) is 3.01. The van der Waals surface area contributed by atoms with Gasteiger partial charge in [-0.25, -0.2) is 9.48 Å². The van der Waals surface area contributed by atoms with Gasteiger partial charge >= 0.3 is 5.97 Å².